The predicted octanol–water partition coefficient (Wildman–Crippen LogP) is 3.69. The minimum Gasteiger partial charge on any atom is -0.292 e. The molecule has 0 aliphatic heterocycles. The van der Waals surface area contributed by atoms with Gasteiger partial charge in [0.05, 0.1) is 16.4 Å². The van der Waals surface area contributed by atoms with Gasteiger partial charge in [0.15, 0.2) is 5.78 Å². The number of nitrogens with zero attached hydrogens (tertiary/aromatic N) is 2. The van der Waals surface area contributed by atoms with Gasteiger partial charge in [-0.3, -0.25) is 9.48 Å². The zero-order valence-corrected chi connectivity index (χ0v) is 11.6. The van der Waals surface area contributed by atoms with Crippen LogP contribution in [-0.2, 0) is 6.54 Å². The van der Waals surface area contributed by atoms with Gasteiger partial charge >= 0.3 is 0 Å². The van der Waals surface area contributed by atoms with E-state index in [0.29, 0.717) is 15.6 Å². The van der Waals surface area contributed by atoms with Gasteiger partial charge in [0, 0.05) is 10.6 Å². The fourth-order valence-electron chi connectivity index (χ4n) is 1.72. The maximum absolute atomic E-state index is 12.1. The largest absolute Gasteiger partial charge is 0.292 e. The average molecular weight is 283 g/mol. The molecule has 0 aliphatic rings. The molecule has 0 aliphatic carbocycles. The second-order valence-electron chi connectivity index (χ2n) is 4.08. The minimum absolute atomic E-state index is 0.0419. The average Bonchev–Trinajstić information content (AvgIpc) is 2.57. The Morgan fingerprint density at radius 2 is 2.06 bits per heavy atom. The Morgan fingerprint density at radius 1 is 1.33 bits per heavy atom. The number of ketones is 1. The van der Waals surface area contributed by atoms with E-state index in [1.165, 1.54) is 0 Å². The summed E-state index contributed by atoms with van der Waals surface area (Å²) in [5, 5.41) is 5.38. The van der Waals surface area contributed by atoms with E-state index in [4.69, 9.17) is 23.2 Å². The summed E-state index contributed by atoms with van der Waals surface area (Å²) in [6, 6.07) is 6.88. The standard InChI is InChI=1S/C13H12Cl2N2O/c1-8-13(15)9(2)17(16-8)7-12(18)10-4-3-5-11(14)6-10/h3-6H,7H2,1-2H3. The molecule has 3 nitrogen and oxygen atoms in total. The molecule has 0 saturated carbocycles. The lowest BCUT2D eigenvalue weighted by Crippen LogP contribution is -2.13. The fourth-order valence-corrected chi connectivity index (χ4v) is 2.04. The smallest absolute Gasteiger partial charge is 0.184 e. The SMILES string of the molecule is Cc1nn(CC(=O)c2cccc(Cl)c2)c(C)c1Cl. The van der Waals surface area contributed by atoms with Crippen LogP contribution in [0.2, 0.25) is 10.0 Å². The third-order valence-electron chi connectivity index (χ3n) is 2.73. The molecule has 1 aromatic heterocycles. The molecule has 18 heavy (non-hydrogen) atoms. The van der Waals surface area contributed by atoms with Crippen LogP contribution in [0.4, 0.5) is 0 Å². The summed E-state index contributed by atoms with van der Waals surface area (Å²) >= 11 is 11.9. The molecule has 0 atom stereocenters. The van der Waals surface area contributed by atoms with E-state index in [9.17, 15) is 4.79 Å². The molecular formula is C13H12Cl2N2O. The maximum Gasteiger partial charge on any atom is 0.184 e. The van der Waals surface area contributed by atoms with Gasteiger partial charge in [-0.25, -0.2) is 0 Å². The van der Waals surface area contributed by atoms with Crippen LogP contribution < -0.4 is 0 Å². The summed E-state index contributed by atoms with van der Waals surface area (Å²) in [5.74, 6) is -0.0419. The molecule has 5 heteroatoms. The summed E-state index contributed by atoms with van der Waals surface area (Å²) in [5.41, 5.74) is 2.10. The molecule has 1 heterocycles. The number of rotatable bonds is 3. The van der Waals surface area contributed by atoms with Crippen molar-refractivity contribution in [3.05, 3.63) is 51.3 Å². The molecule has 0 amide bonds. The summed E-state index contributed by atoms with van der Waals surface area (Å²) in [4.78, 5) is 12.1. The first-order chi connectivity index (χ1) is 8.49. The number of carbonyl (C=O) groups excluding carboxylic acids is 1. The first-order valence-electron chi connectivity index (χ1n) is 5.47. The van der Waals surface area contributed by atoms with Gasteiger partial charge in [0.1, 0.15) is 6.54 Å². The van der Waals surface area contributed by atoms with Crippen molar-refractivity contribution in [2.45, 2.75) is 20.4 Å². The Bertz CT molecular complexity index is 605. The van der Waals surface area contributed by atoms with Crippen molar-refractivity contribution >= 4 is 29.0 Å². The first kappa shape index (κ1) is 13.1. The first-order valence-corrected chi connectivity index (χ1v) is 6.23. The molecule has 2 rings (SSSR count). The second-order valence-corrected chi connectivity index (χ2v) is 4.89. The Balaban J connectivity index is 2.24. The van der Waals surface area contributed by atoms with Crippen LogP contribution >= 0.6 is 23.2 Å². The van der Waals surface area contributed by atoms with Crippen LogP contribution in [0.25, 0.3) is 0 Å². The van der Waals surface area contributed by atoms with Crippen molar-refractivity contribution < 1.29 is 4.79 Å². The molecule has 0 fully saturated rings. The topological polar surface area (TPSA) is 34.9 Å². The van der Waals surface area contributed by atoms with E-state index in [2.05, 4.69) is 5.10 Å². The van der Waals surface area contributed by atoms with Gasteiger partial charge in [-0.05, 0) is 26.0 Å². The highest BCUT2D eigenvalue weighted by atomic mass is 35.5. The number of aromatic nitrogens is 2. The van der Waals surface area contributed by atoms with E-state index >= 15 is 0 Å². The molecular weight excluding hydrogens is 271 g/mol. The van der Waals surface area contributed by atoms with Crippen LogP contribution in [0.5, 0.6) is 0 Å². The monoisotopic (exact) mass is 282 g/mol. The van der Waals surface area contributed by atoms with Gasteiger partial charge in [-0.15, -0.1) is 0 Å². The molecule has 2 aromatic rings. The summed E-state index contributed by atoms with van der Waals surface area (Å²) in [6.45, 7) is 3.82. The number of hydrogen-bond acceptors (Lipinski definition) is 2. The number of carbonyl (C=O) groups is 1. The normalized spacial score (nSPS) is 10.7. The lowest BCUT2D eigenvalue weighted by atomic mass is 10.1. The van der Waals surface area contributed by atoms with Crippen LogP contribution in [-0.4, -0.2) is 15.6 Å². The van der Waals surface area contributed by atoms with Crippen molar-refractivity contribution in [1.29, 1.82) is 0 Å². The van der Waals surface area contributed by atoms with Crippen molar-refractivity contribution in [3.63, 3.8) is 0 Å². The Kier molecular flexibility index (Phi) is 3.73. The van der Waals surface area contributed by atoms with Gasteiger partial charge in [0.2, 0.25) is 0 Å². The van der Waals surface area contributed by atoms with Gasteiger partial charge in [-0.1, -0.05) is 35.3 Å². The fraction of sp³-hybridized carbons (Fsp3) is 0.231. The van der Waals surface area contributed by atoms with Crippen molar-refractivity contribution in [2.75, 3.05) is 0 Å². The van der Waals surface area contributed by atoms with Crippen LogP contribution in [0, 0.1) is 13.8 Å². The van der Waals surface area contributed by atoms with Gasteiger partial charge in [0.25, 0.3) is 0 Å². The highest BCUT2D eigenvalue weighted by molar-refractivity contribution is 6.32. The van der Waals surface area contributed by atoms with Gasteiger partial charge in [-0.2, -0.15) is 5.10 Å². The van der Waals surface area contributed by atoms with E-state index in [1.807, 2.05) is 13.8 Å². The molecule has 1 aromatic carbocycles. The lowest BCUT2D eigenvalue weighted by Gasteiger charge is -2.04. The molecule has 94 valence electrons. The number of Topliss-reactive ketones (excluding diaryl/α,β-unsaturated/α-hetero) is 1. The third kappa shape index (κ3) is 2.57. The molecule has 0 unspecified atom stereocenters. The number of hydrogen-bond donors (Lipinski definition) is 0. The highest BCUT2D eigenvalue weighted by Crippen LogP contribution is 2.19. The minimum atomic E-state index is -0.0419. The predicted molar refractivity (Wildman–Crippen MR) is 72.5 cm³/mol. The molecule has 0 bridgehead atoms. The third-order valence-corrected chi connectivity index (χ3v) is 3.52. The zero-order valence-electron chi connectivity index (χ0n) is 10.1. The number of aryl methyl sites for hydroxylation is 1. The lowest BCUT2D eigenvalue weighted by molar-refractivity contribution is 0.0966. The van der Waals surface area contributed by atoms with E-state index in [-0.39, 0.29) is 12.3 Å². The summed E-state index contributed by atoms with van der Waals surface area (Å²) < 4.78 is 1.61. The Labute approximate surface area is 115 Å². The second kappa shape index (κ2) is 5.12. The van der Waals surface area contributed by atoms with Crippen LogP contribution in [0.1, 0.15) is 21.7 Å². The van der Waals surface area contributed by atoms with E-state index in [1.54, 1.807) is 28.9 Å². The molecule has 0 saturated heterocycles. The van der Waals surface area contributed by atoms with Crippen molar-refractivity contribution in [3.8, 4) is 0 Å². The molecule has 0 spiro atoms. The Hall–Kier alpha value is -1.32. The highest BCUT2D eigenvalue weighted by Gasteiger charge is 2.13. The molecule has 0 N–H and O–H groups in total. The van der Waals surface area contributed by atoms with Crippen LogP contribution in [0.3, 0.4) is 0 Å². The molecule has 0 radical (unpaired) electrons. The Morgan fingerprint density at radius 3 is 2.61 bits per heavy atom. The maximum atomic E-state index is 12.1. The van der Waals surface area contributed by atoms with Crippen molar-refractivity contribution in [1.82, 2.24) is 9.78 Å². The van der Waals surface area contributed by atoms with Crippen LogP contribution in [0.15, 0.2) is 24.3 Å². The van der Waals surface area contributed by atoms with E-state index < -0.39 is 0 Å². The van der Waals surface area contributed by atoms with Crippen molar-refractivity contribution in [2.24, 2.45) is 0 Å². The number of benzene rings is 1. The number of halogens is 2. The van der Waals surface area contributed by atoms with Gasteiger partial charge < -0.3 is 0 Å². The quantitative estimate of drug-likeness (QED) is 0.805. The zero-order chi connectivity index (χ0) is 13.3. The summed E-state index contributed by atoms with van der Waals surface area (Å²) in [6.07, 6.45) is 0. The summed E-state index contributed by atoms with van der Waals surface area (Å²) in [7, 11) is 0. The van der Waals surface area contributed by atoms with E-state index in [0.717, 1.165) is 11.4 Å².